The number of amides is 1. The SMILES string of the molecule is CCCn1cc(CN=C(NC(=O)c2cccc(Cl)c2)Nc2ccc(C)cc2C)c(C)n1. The molecule has 2 aromatic carbocycles. The minimum absolute atomic E-state index is 0.281. The largest absolute Gasteiger partial charge is 0.326 e. The average molecular weight is 438 g/mol. The predicted octanol–water partition coefficient (Wildman–Crippen LogP) is 5.27. The molecule has 0 fully saturated rings. The van der Waals surface area contributed by atoms with E-state index >= 15 is 0 Å². The molecule has 0 saturated carbocycles. The third-order valence-corrected chi connectivity index (χ3v) is 5.10. The molecule has 1 heterocycles. The van der Waals surface area contributed by atoms with Crippen molar-refractivity contribution >= 4 is 29.2 Å². The number of nitrogens with zero attached hydrogens (tertiary/aromatic N) is 3. The first-order valence-corrected chi connectivity index (χ1v) is 10.7. The van der Waals surface area contributed by atoms with Crippen LogP contribution in [0.5, 0.6) is 0 Å². The van der Waals surface area contributed by atoms with E-state index in [1.165, 1.54) is 5.56 Å². The molecule has 162 valence electrons. The Bertz CT molecular complexity index is 1100. The lowest BCUT2D eigenvalue weighted by Crippen LogP contribution is -2.36. The normalized spacial score (nSPS) is 11.5. The number of rotatable bonds is 6. The molecule has 2 N–H and O–H groups in total. The number of halogens is 1. The molecule has 1 amide bonds. The van der Waals surface area contributed by atoms with Gasteiger partial charge in [-0.05, 0) is 57.0 Å². The molecule has 0 atom stereocenters. The zero-order valence-corrected chi connectivity index (χ0v) is 19.1. The van der Waals surface area contributed by atoms with Crippen LogP contribution in [0.2, 0.25) is 5.02 Å². The van der Waals surface area contributed by atoms with E-state index in [0.717, 1.165) is 35.5 Å². The van der Waals surface area contributed by atoms with Gasteiger partial charge in [0, 0.05) is 34.6 Å². The summed E-state index contributed by atoms with van der Waals surface area (Å²) in [6, 6.07) is 12.9. The number of nitrogens with one attached hydrogen (secondary N) is 2. The summed E-state index contributed by atoms with van der Waals surface area (Å²) >= 11 is 6.04. The summed E-state index contributed by atoms with van der Waals surface area (Å²) in [5.74, 6) is 0.0940. The van der Waals surface area contributed by atoms with Crippen molar-refractivity contribution in [1.82, 2.24) is 15.1 Å². The Kier molecular flexibility index (Phi) is 7.47. The number of carbonyl (C=O) groups is 1. The van der Waals surface area contributed by atoms with Crippen molar-refractivity contribution in [3.8, 4) is 0 Å². The zero-order valence-electron chi connectivity index (χ0n) is 18.4. The summed E-state index contributed by atoms with van der Waals surface area (Å²) in [7, 11) is 0. The van der Waals surface area contributed by atoms with Gasteiger partial charge in [0.05, 0.1) is 12.2 Å². The number of aliphatic imine (C=N–C) groups is 1. The van der Waals surface area contributed by atoms with Crippen LogP contribution in [-0.4, -0.2) is 21.6 Å². The van der Waals surface area contributed by atoms with Crippen LogP contribution in [0.25, 0.3) is 0 Å². The van der Waals surface area contributed by atoms with Gasteiger partial charge in [0.15, 0.2) is 0 Å². The number of anilines is 1. The van der Waals surface area contributed by atoms with Crippen molar-refractivity contribution in [3.63, 3.8) is 0 Å². The molecule has 0 radical (unpaired) electrons. The lowest BCUT2D eigenvalue weighted by Gasteiger charge is -2.14. The Hall–Kier alpha value is -3.12. The first-order valence-electron chi connectivity index (χ1n) is 10.3. The first kappa shape index (κ1) is 22.6. The molecule has 0 bridgehead atoms. The molecule has 1 aromatic heterocycles. The highest BCUT2D eigenvalue weighted by Crippen LogP contribution is 2.17. The highest BCUT2D eigenvalue weighted by Gasteiger charge is 2.12. The van der Waals surface area contributed by atoms with Gasteiger partial charge in [-0.3, -0.25) is 14.8 Å². The molecular weight excluding hydrogens is 410 g/mol. The topological polar surface area (TPSA) is 71.3 Å². The minimum atomic E-state index is -0.281. The molecule has 7 heteroatoms. The molecule has 0 aliphatic rings. The number of benzene rings is 2. The van der Waals surface area contributed by atoms with Crippen LogP contribution in [0, 0.1) is 20.8 Å². The van der Waals surface area contributed by atoms with Gasteiger partial charge in [0.1, 0.15) is 0 Å². The quantitative estimate of drug-likeness (QED) is 0.407. The molecular formula is C24H28ClN5O. The lowest BCUT2D eigenvalue weighted by molar-refractivity contribution is 0.0977. The second-order valence-corrected chi connectivity index (χ2v) is 8.01. The van der Waals surface area contributed by atoms with E-state index in [-0.39, 0.29) is 5.91 Å². The van der Waals surface area contributed by atoms with Crippen molar-refractivity contribution in [2.45, 2.75) is 47.2 Å². The highest BCUT2D eigenvalue weighted by molar-refractivity contribution is 6.31. The Labute approximate surface area is 188 Å². The van der Waals surface area contributed by atoms with Gasteiger partial charge in [0.25, 0.3) is 5.91 Å². The number of hydrogen-bond donors (Lipinski definition) is 2. The van der Waals surface area contributed by atoms with Crippen molar-refractivity contribution < 1.29 is 4.79 Å². The zero-order chi connectivity index (χ0) is 22.4. The van der Waals surface area contributed by atoms with E-state index < -0.39 is 0 Å². The maximum Gasteiger partial charge on any atom is 0.258 e. The van der Waals surface area contributed by atoms with Gasteiger partial charge in [-0.15, -0.1) is 0 Å². The summed E-state index contributed by atoms with van der Waals surface area (Å²) in [6.45, 7) is 9.42. The Balaban J connectivity index is 1.85. The molecule has 0 unspecified atom stereocenters. The monoisotopic (exact) mass is 437 g/mol. The molecule has 3 aromatic rings. The van der Waals surface area contributed by atoms with E-state index in [0.29, 0.717) is 23.1 Å². The Morgan fingerprint density at radius 1 is 1.16 bits per heavy atom. The van der Waals surface area contributed by atoms with Gasteiger partial charge in [-0.2, -0.15) is 5.10 Å². The summed E-state index contributed by atoms with van der Waals surface area (Å²) in [5, 5.41) is 11.2. The number of hydrogen-bond acceptors (Lipinski definition) is 3. The highest BCUT2D eigenvalue weighted by atomic mass is 35.5. The Morgan fingerprint density at radius 3 is 2.68 bits per heavy atom. The molecule has 0 saturated heterocycles. The van der Waals surface area contributed by atoms with Crippen LogP contribution in [-0.2, 0) is 13.1 Å². The summed E-state index contributed by atoms with van der Waals surface area (Å²) in [5.41, 5.74) is 5.54. The lowest BCUT2D eigenvalue weighted by atomic mass is 10.1. The predicted molar refractivity (Wildman–Crippen MR) is 127 cm³/mol. The summed E-state index contributed by atoms with van der Waals surface area (Å²) in [6.07, 6.45) is 3.02. The van der Waals surface area contributed by atoms with Gasteiger partial charge in [-0.25, -0.2) is 4.99 Å². The maximum atomic E-state index is 12.8. The third kappa shape index (κ3) is 6.18. The van der Waals surface area contributed by atoms with E-state index in [2.05, 4.69) is 33.7 Å². The van der Waals surface area contributed by atoms with Gasteiger partial charge < -0.3 is 5.32 Å². The number of carbonyl (C=O) groups excluding carboxylic acids is 1. The molecule has 0 aliphatic heterocycles. The molecule has 6 nitrogen and oxygen atoms in total. The van der Waals surface area contributed by atoms with Crippen molar-refractivity contribution in [2.24, 2.45) is 4.99 Å². The summed E-state index contributed by atoms with van der Waals surface area (Å²) < 4.78 is 1.93. The van der Waals surface area contributed by atoms with Crippen LogP contribution in [0.3, 0.4) is 0 Å². The number of aryl methyl sites for hydroxylation is 4. The molecule has 0 spiro atoms. The fourth-order valence-electron chi connectivity index (χ4n) is 3.22. The smallest absolute Gasteiger partial charge is 0.258 e. The van der Waals surface area contributed by atoms with Crippen LogP contribution >= 0.6 is 11.6 Å². The fraction of sp³-hybridized carbons (Fsp3) is 0.292. The number of aromatic nitrogens is 2. The van der Waals surface area contributed by atoms with E-state index in [9.17, 15) is 4.79 Å². The van der Waals surface area contributed by atoms with E-state index in [1.54, 1.807) is 24.3 Å². The number of guanidine groups is 1. The van der Waals surface area contributed by atoms with Crippen molar-refractivity contribution in [2.75, 3.05) is 5.32 Å². The van der Waals surface area contributed by atoms with Gasteiger partial charge in [-0.1, -0.05) is 42.3 Å². The molecule has 3 rings (SSSR count). The van der Waals surface area contributed by atoms with Gasteiger partial charge >= 0.3 is 0 Å². The molecule has 0 aliphatic carbocycles. The van der Waals surface area contributed by atoms with Crippen LogP contribution in [0.1, 0.15) is 46.1 Å². The third-order valence-electron chi connectivity index (χ3n) is 4.86. The van der Waals surface area contributed by atoms with Crippen molar-refractivity contribution in [1.29, 1.82) is 0 Å². The summed E-state index contributed by atoms with van der Waals surface area (Å²) in [4.78, 5) is 17.5. The van der Waals surface area contributed by atoms with Crippen molar-refractivity contribution in [3.05, 3.63) is 81.6 Å². The van der Waals surface area contributed by atoms with Crippen LogP contribution in [0.15, 0.2) is 53.7 Å². The van der Waals surface area contributed by atoms with Gasteiger partial charge in [0.2, 0.25) is 5.96 Å². The molecule has 31 heavy (non-hydrogen) atoms. The van der Waals surface area contributed by atoms with Crippen LogP contribution in [0.4, 0.5) is 5.69 Å². The van der Waals surface area contributed by atoms with E-state index in [1.807, 2.05) is 43.8 Å². The Morgan fingerprint density at radius 2 is 1.97 bits per heavy atom. The fourth-order valence-corrected chi connectivity index (χ4v) is 3.41. The second-order valence-electron chi connectivity index (χ2n) is 7.58. The second kappa shape index (κ2) is 10.3. The standard InChI is InChI=1S/C24H28ClN5O/c1-5-11-30-15-20(18(4)29-30)14-26-24(27-22-10-9-16(2)12-17(22)3)28-23(31)19-7-6-8-21(25)13-19/h6-10,12-13,15H,5,11,14H2,1-4H3,(H2,26,27,28,31). The minimum Gasteiger partial charge on any atom is -0.326 e. The average Bonchev–Trinajstić information content (AvgIpc) is 3.07. The van der Waals surface area contributed by atoms with Crippen LogP contribution < -0.4 is 10.6 Å². The maximum absolute atomic E-state index is 12.8. The first-order chi connectivity index (χ1) is 14.9. The van der Waals surface area contributed by atoms with E-state index in [4.69, 9.17) is 11.6 Å².